The second-order valence-corrected chi connectivity index (χ2v) is 4.43. The summed E-state index contributed by atoms with van der Waals surface area (Å²) in [6.45, 7) is 7.28. The number of hydrogen-bond donors (Lipinski definition) is 2. The molecule has 0 unspecified atom stereocenters. The Morgan fingerprint density at radius 3 is 2.47 bits per heavy atom. The Hall–Kier alpha value is -0.610. The Bertz CT molecular complexity index is 188. The van der Waals surface area contributed by atoms with Gasteiger partial charge < -0.3 is 15.3 Å². The van der Waals surface area contributed by atoms with Crippen molar-refractivity contribution in [1.29, 1.82) is 0 Å². The monoisotopic (exact) mass is 216 g/mol. The third kappa shape index (κ3) is 7.33. The van der Waals surface area contributed by atoms with Crippen molar-refractivity contribution in [3.8, 4) is 0 Å². The van der Waals surface area contributed by atoms with Gasteiger partial charge in [-0.3, -0.25) is 4.79 Å². The minimum absolute atomic E-state index is 0.120. The quantitative estimate of drug-likeness (QED) is 0.613. The summed E-state index contributed by atoms with van der Waals surface area (Å²) in [6.07, 6.45) is 1.39. The molecule has 0 aliphatic heterocycles. The minimum Gasteiger partial charge on any atom is -0.389 e. The maximum atomic E-state index is 11.7. The molecule has 0 atom stereocenters. The largest absolute Gasteiger partial charge is 0.389 e. The fraction of sp³-hybridized carbons (Fsp3) is 0.909. The summed E-state index contributed by atoms with van der Waals surface area (Å²) in [5.41, 5.74) is -0.811. The predicted molar refractivity (Wildman–Crippen MR) is 61.7 cm³/mol. The first kappa shape index (κ1) is 14.4. The second-order valence-electron chi connectivity index (χ2n) is 4.43. The van der Waals surface area contributed by atoms with Crippen molar-refractivity contribution in [2.45, 2.75) is 39.2 Å². The van der Waals surface area contributed by atoms with Crippen LogP contribution in [-0.4, -0.2) is 48.2 Å². The molecule has 0 aromatic carbocycles. The summed E-state index contributed by atoms with van der Waals surface area (Å²) in [6, 6.07) is 0. The molecule has 0 radical (unpaired) electrons. The van der Waals surface area contributed by atoms with Crippen LogP contribution in [0.15, 0.2) is 0 Å². The SMILES string of the molecule is CCN(CC(C)(C)O)C(=O)CCCNC. The van der Waals surface area contributed by atoms with Crippen LogP contribution in [0.25, 0.3) is 0 Å². The molecule has 90 valence electrons. The summed E-state index contributed by atoms with van der Waals surface area (Å²) in [7, 11) is 1.87. The van der Waals surface area contributed by atoms with Crippen molar-refractivity contribution in [2.75, 3.05) is 26.7 Å². The minimum atomic E-state index is -0.811. The van der Waals surface area contributed by atoms with Gasteiger partial charge in [-0.15, -0.1) is 0 Å². The number of amides is 1. The van der Waals surface area contributed by atoms with E-state index in [1.165, 1.54) is 0 Å². The lowest BCUT2D eigenvalue weighted by atomic mass is 10.1. The lowest BCUT2D eigenvalue weighted by molar-refractivity contribution is -0.134. The maximum Gasteiger partial charge on any atom is 0.222 e. The van der Waals surface area contributed by atoms with E-state index >= 15 is 0 Å². The van der Waals surface area contributed by atoms with Gasteiger partial charge in [-0.1, -0.05) is 0 Å². The van der Waals surface area contributed by atoms with Crippen molar-refractivity contribution in [3.05, 3.63) is 0 Å². The lowest BCUT2D eigenvalue weighted by Gasteiger charge is -2.28. The van der Waals surface area contributed by atoms with Crippen molar-refractivity contribution >= 4 is 5.91 Å². The molecule has 0 bridgehead atoms. The van der Waals surface area contributed by atoms with Crippen LogP contribution in [0.1, 0.15) is 33.6 Å². The molecule has 0 saturated heterocycles. The molecule has 0 fully saturated rings. The number of carbonyl (C=O) groups excluding carboxylic acids is 1. The molecule has 0 aromatic rings. The van der Waals surface area contributed by atoms with Crippen LogP contribution in [0.4, 0.5) is 0 Å². The highest BCUT2D eigenvalue weighted by atomic mass is 16.3. The molecule has 15 heavy (non-hydrogen) atoms. The van der Waals surface area contributed by atoms with E-state index in [1.54, 1.807) is 18.7 Å². The maximum absolute atomic E-state index is 11.7. The van der Waals surface area contributed by atoms with Crippen LogP contribution in [0.2, 0.25) is 0 Å². The van der Waals surface area contributed by atoms with E-state index in [9.17, 15) is 9.90 Å². The normalized spacial score (nSPS) is 11.5. The number of aliphatic hydroxyl groups is 1. The third-order valence-corrected chi connectivity index (χ3v) is 2.13. The Kier molecular flexibility index (Phi) is 6.52. The van der Waals surface area contributed by atoms with E-state index in [2.05, 4.69) is 5.32 Å². The fourth-order valence-corrected chi connectivity index (χ4v) is 1.42. The van der Waals surface area contributed by atoms with Crippen molar-refractivity contribution in [1.82, 2.24) is 10.2 Å². The van der Waals surface area contributed by atoms with E-state index in [-0.39, 0.29) is 5.91 Å². The molecule has 1 amide bonds. The van der Waals surface area contributed by atoms with Crippen molar-refractivity contribution in [3.63, 3.8) is 0 Å². The highest BCUT2D eigenvalue weighted by Gasteiger charge is 2.20. The van der Waals surface area contributed by atoms with Gasteiger partial charge in [0.25, 0.3) is 0 Å². The fourth-order valence-electron chi connectivity index (χ4n) is 1.42. The van der Waals surface area contributed by atoms with Gasteiger partial charge >= 0.3 is 0 Å². The molecule has 4 nitrogen and oxygen atoms in total. The van der Waals surface area contributed by atoms with Crippen LogP contribution < -0.4 is 5.32 Å². The Labute approximate surface area is 92.7 Å². The van der Waals surface area contributed by atoms with Crippen molar-refractivity contribution < 1.29 is 9.90 Å². The Balaban J connectivity index is 4.00. The van der Waals surface area contributed by atoms with Gasteiger partial charge in [0.1, 0.15) is 0 Å². The number of carbonyl (C=O) groups is 1. The molecule has 0 aliphatic carbocycles. The topological polar surface area (TPSA) is 52.6 Å². The van der Waals surface area contributed by atoms with Crippen LogP contribution in [0.5, 0.6) is 0 Å². The molecule has 0 spiro atoms. The molecule has 0 rings (SSSR count). The van der Waals surface area contributed by atoms with Crippen molar-refractivity contribution in [2.24, 2.45) is 0 Å². The molecule has 4 heteroatoms. The summed E-state index contributed by atoms with van der Waals surface area (Å²) >= 11 is 0. The highest BCUT2D eigenvalue weighted by molar-refractivity contribution is 5.76. The number of likely N-dealkylation sites (N-methyl/N-ethyl adjacent to an activating group) is 1. The van der Waals surface area contributed by atoms with Gasteiger partial charge in [0.05, 0.1) is 5.60 Å². The molecular formula is C11H24N2O2. The number of nitrogens with one attached hydrogen (secondary N) is 1. The van der Waals surface area contributed by atoms with Gasteiger partial charge in [-0.2, -0.15) is 0 Å². The van der Waals surface area contributed by atoms with E-state index in [4.69, 9.17) is 0 Å². The summed E-state index contributed by atoms with van der Waals surface area (Å²) in [5.74, 6) is 0.120. The van der Waals surface area contributed by atoms with Crippen LogP contribution >= 0.6 is 0 Å². The Morgan fingerprint density at radius 2 is 2.07 bits per heavy atom. The summed E-state index contributed by atoms with van der Waals surface area (Å²) in [4.78, 5) is 13.4. The second kappa shape index (κ2) is 6.80. The van der Waals surface area contributed by atoms with Gasteiger partial charge in [0.15, 0.2) is 0 Å². The molecule has 0 aliphatic rings. The first-order chi connectivity index (χ1) is 6.90. The lowest BCUT2D eigenvalue weighted by Crippen LogP contribution is -2.42. The summed E-state index contributed by atoms with van der Waals surface area (Å²) < 4.78 is 0. The molecule has 0 saturated carbocycles. The van der Waals surface area contributed by atoms with E-state index < -0.39 is 5.60 Å². The smallest absolute Gasteiger partial charge is 0.222 e. The average Bonchev–Trinajstić information content (AvgIpc) is 2.13. The highest BCUT2D eigenvalue weighted by Crippen LogP contribution is 2.06. The zero-order chi connectivity index (χ0) is 11.9. The molecule has 0 aromatic heterocycles. The predicted octanol–water partition coefficient (Wildman–Crippen LogP) is 0.605. The molecular weight excluding hydrogens is 192 g/mol. The Morgan fingerprint density at radius 1 is 1.47 bits per heavy atom. The number of hydrogen-bond acceptors (Lipinski definition) is 3. The number of rotatable bonds is 7. The first-order valence-electron chi connectivity index (χ1n) is 5.55. The standard InChI is InChI=1S/C11H24N2O2/c1-5-13(9-11(2,3)15)10(14)7-6-8-12-4/h12,15H,5-9H2,1-4H3. The molecule has 0 heterocycles. The van der Waals surface area contributed by atoms with Crippen LogP contribution in [-0.2, 0) is 4.79 Å². The van der Waals surface area contributed by atoms with Crippen LogP contribution in [0, 0.1) is 0 Å². The molecule has 2 N–H and O–H groups in total. The summed E-state index contributed by atoms with van der Waals surface area (Å²) in [5, 5.41) is 12.6. The van der Waals surface area contributed by atoms with E-state index in [1.807, 2.05) is 14.0 Å². The first-order valence-corrected chi connectivity index (χ1v) is 5.55. The zero-order valence-corrected chi connectivity index (χ0v) is 10.3. The zero-order valence-electron chi connectivity index (χ0n) is 10.3. The van der Waals surface area contributed by atoms with E-state index in [0.717, 1.165) is 13.0 Å². The van der Waals surface area contributed by atoms with E-state index in [0.29, 0.717) is 19.5 Å². The average molecular weight is 216 g/mol. The number of nitrogens with zero attached hydrogens (tertiary/aromatic N) is 1. The third-order valence-electron chi connectivity index (χ3n) is 2.13. The van der Waals surface area contributed by atoms with Gasteiger partial charge in [0.2, 0.25) is 5.91 Å². The van der Waals surface area contributed by atoms with Gasteiger partial charge in [0, 0.05) is 19.5 Å². The van der Waals surface area contributed by atoms with Crippen LogP contribution in [0.3, 0.4) is 0 Å². The van der Waals surface area contributed by atoms with Gasteiger partial charge in [-0.05, 0) is 40.8 Å². The van der Waals surface area contributed by atoms with Gasteiger partial charge in [-0.25, -0.2) is 0 Å².